The Bertz CT molecular complexity index is 541. The molecule has 0 unspecified atom stereocenters. The highest BCUT2D eigenvalue weighted by molar-refractivity contribution is 9.10. The molecule has 1 aliphatic heterocycles. The summed E-state index contributed by atoms with van der Waals surface area (Å²) in [5, 5.41) is 0. The van der Waals surface area contributed by atoms with Crippen LogP contribution in [0.1, 0.15) is 26.2 Å². The van der Waals surface area contributed by atoms with Crippen molar-refractivity contribution in [2.45, 2.75) is 26.2 Å². The average Bonchev–Trinajstić information content (AvgIpc) is 2.55. The van der Waals surface area contributed by atoms with Gasteiger partial charge in [-0.2, -0.15) is 0 Å². The van der Waals surface area contributed by atoms with E-state index in [2.05, 4.69) is 15.9 Å². The average molecular weight is 384 g/mol. The van der Waals surface area contributed by atoms with Crippen LogP contribution >= 0.6 is 15.9 Å². The number of esters is 1. The Balaban J connectivity index is 1.70. The van der Waals surface area contributed by atoms with Gasteiger partial charge in [-0.3, -0.25) is 9.59 Å². The lowest BCUT2D eigenvalue weighted by atomic mass is 9.97. The molecule has 0 spiro atoms. The van der Waals surface area contributed by atoms with Gasteiger partial charge in [0.25, 0.3) is 0 Å². The summed E-state index contributed by atoms with van der Waals surface area (Å²) in [6.45, 7) is 3.79. The number of carbonyl (C=O) groups is 2. The van der Waals surface area contributed by atoms with Crippen molar-refractivity contribution in [3.63, 3.8) is 0 Å². The number of hydrogen-bond acceptors (Lipinski definition) is 4. The van der Waals surface area contributed by atoms with Gasteiger partial charge in [0.15, 0.2) is 0 Å². The Morgan fingerprint density at radius 1 is 1.30 bits per heavy atom. The molecule has 1 amide bonds. The maximum atomic E-state index is 12.2. The summed E-state index contributed by atoms with van der Waals surface area (Å²) in [5.41, 5.74) is 0. The van der Waals surface area contributed by atoms with Gasteiger partial charge in [-0.05, 0) is 38.0 Å². The number of nitrogens with zero attached hydrogens (tertiary/aromatic N) is 1. The Kier molecular flexibility index (Phi) is 6.89. The van der Waals surface area contributed by atoms with E-state index in [1.165, 1.54) is 0 Å². The van der Waals surface area contributed by atoms with Crippen molar-refractivity contribution in [1.29, 1.82) is 0 Å². The molecule has 5 nitrogen and oxygen atoms in total. The molecular weight excluding hydrogens is 362 g/mol. The number of amides is 1. The summed E-state index contributed by atoms with van der Waals surface area (Å²) in [5.74, 6) is 0.602. The van der Waals surface area contributed by atoms with Crippen LogP contribution in [0.4, 0.5) is 0 Å². The molecule has 1 aromatic rings. The highest BCUT2D eigenvalue weighted by Gasteiger charge is 2.27. The zero-order valence-electron chi connectivity index (χ0n) is 13.3. The Morgan fingerprint density at radius 3 is 2.70 bits per heavy atom. The van der Waals surface area contributed by atoms with Gasteiger partial charge < -0.3 is 14.4 Å². The molecule has 1 fully saturated rings. The van der Waals surface area contributed by atoms with Gasteiger partial charge in [0.1, 0.15) is 5.75 Å². The molecule has 1 heterocycles. The fraction of sp³-hybridized carbons (Fsp3) is 0.529. The minimum absolute atomic E-state index is 0.0716. The minimum Gasteiger partial charge on any atom is -0.493 e. The lowest BCUT2D eigenvalue weighted by Gasteiger charge is -2.30. The molecule has 1 aliphatic rings. The van der Waals surface area contributed by atoms with Crippen LogP contribution in [0.2, 0.25) is 0 Å². The topological polar surface area (TPSA) is 55.8 Å². The number of carbonyl (C=O) groups excluding carboxylic acids is 2. The minimum atomic E-state index is -0.141. The normalized spacial score (nSPS) is 15.3. The monoisotopic (exact) mass is 383 g/mol. The van der Waals surface area contributed by atoms with Gasteiger partial charge in [-0.1, -0.05) is 22.0 Å². The molecule has 0 atom stereocenters. The van der Waals surface area contributed by atoms with E-state index in [0.717, 1.165) is 10.2 Å². The zero-order valence-corrected chi connectivity index (χ0v) is 14.9. The third-order valence-corrected chi connectivity index (χ3v) is 4.34. The molecule has 126 valence electrons. The Labute approximate surface area is 145 Å². The molecule has 0 bridgehead atoms. The van der Waals surface area contributed by atoms with Crippen molar-refractivity contribution in [1.82, 2.24) is 4.90 Å². The second-order valence-corrected chi connectivity index (χ2v) is 6.38. The standard InChI is InChI=1S/C17H22BrNO4/c1-2-22-17(21)13-6-9-19(10-7-13)16(20)8-11-23-15-5-3-4-14(18)12-15/h3-5,12-13H,2,6-11H2,1H3. The van der Waals surface area contributed by atoms with Crippen LogP contribution in [0.15, 0.2) is 28.7 Å². The second-order valence-electron chi connectivity index (χ2n) is 5.46. The number of hydrogen-bond donors (Lipinski definition) is 0. The predicted molar refractivity (Wildman–Crippen MR) is 90.2 cm³/mol. The number of likely N-dealkylation sites (tertiary alicyclic amines) is 1. The van der Waals surface area contributed by atoms with Gasteiger partial charge in [0.05, 0.1) is 25.6 Å². The van der Waals surface area contributed by atoms with Crippen LogP contribution in [-0.4, -0.2) is 43.1 Å². The maximum Gasteiger partial charge on any atom is 0.309 e. The van der Waals surface area contributed by atoms with Crippen LogP contribution in [0.3, 0.4) is 0 Å². The predicted octanol–water partition coefficient (Wildman–Crippen LogP) is 3.02. The van der Waals surface area contributed by atoms with E-state index in [9.17, 15) is 9.59 Å². The summed E-state index contributed by atoms with van der Waals surface area (Å²) >= 11 is 3.38. The first-order valence-corrected chi connectivity index (χ1v) is 8.72. The fourth-order valence-electron chi connectivity index (χ4n) is 2.60. The molecule has 0 aliphatic carbocycles. The molecule has 6 heteroatoms. The third kappa shape index (κ3) is 5.53. The van der Waals surface area contributed by atoms with E-state index in [0.29, 0.717) is 45.6 Å². The van der Waals surface area contributed by atoms with Gasteiger partial charge >= 0.3 is 5.97 Å². The summed E-state index contributed by atoms with van der Waals surface area (Å²) in [6.07, 6.45) is 1.70. The summed E-state index contributed by atoms with van der Waals surface area (Å²) in [6, 6.07) is 7.54. The summed E-state index contributed by atoms with van der Waals surface area (Å²) in [4.78, 5) is 25.7. The van der Waals surface area contributed by atoms with Crippen LogP contribution < -0.4 is 4.74 Å². The summed E-state index contributed by atoms with van der Waals surface area (Å²) in [7, 11) is 0. The first-order valence-electron chi connectivity index (χ1n) is 7.93. The summed E-state index contributed by atoms with van der Waals surface area (Å²) < 4.78 is 11.6. The van der Waals surface area contributed by atoms with E-state index in [4.69, 9.17) is 9.47 Å². The van der Waals surface area contributed by atoms with Crippen molar-refractivity contribution < 1.29 is 19.1 Å². The highest BCUT2D eigenvalue weighted by atomic mass is 79.9. The highest BCUT2D eigenvalue weighted by Crippen LogP contribution is 2.20. The number of rotatable bonds is 6. The van der Waals surface area contributed by atoms with Crippen LogP contribution in [0.5, 0.6) is 5.75 Å². The zero-order chi connectivity index (χ0) is 16.7. The van der Waals surface area contributed by atoms with Gasteiger partial charge in [0.2, 0.25) is 5.91 Å². The molecule has 0 N–H and O–H groups in total. The quantitative estimate of drug-likeness (QED) is 0.708. The van der Waals surface area contributed by atoms with Crippen molar-refractivity contribution in [3.05, 3.63) is 28.7 Å². The SMILES string of the molecule is CCOC(=O)C1CCN(C(=O)CCOc2cccc(Br)c2)CC1. The van der Waals surface area contributed by atoms with E-state index in [1.807, 2.05) is 31.2 Å². The molecule has 0 saturated carbocycles. The van der Waals surface area contributed by atoms with Crippen molar-refractivity contribution >= 4 is 27.8 Å². The fourth-order valence-corrected chi connectivity index (χ4v) is 2.97. The molecule has 2 rings (SSSR count). The Hall–Kier alpha value is -1.56. The van der Waals surface area contributed by atoms with Crippen LogP contribution in [0.25, 0.3) is 0 Å². The molecule has 0 radical (unpaired) electrons. The molecular formula is C17H22BrNO4. The van der Waals surface area contributed by atoms with E-state index in [-0.39, 0.29) is 17.8 Å². The molecule has 0 aromatic heterocycles. The van der Waals surface area contributed by atoms with Gasteiger partial charge in [-0.15, -0.1) is 0 Å². The van der Waals surface area contributed by atoms with Crippen molar-refractivity contribution in [3.8, 4) is 5.75 Å². The van der Waals surface area contributed by atoms with Gasteiger partial charge in [-0.25, -0.2) is 0 Å². The number of ether oxygens (including phenoxy) is 2. The molecule has 23 heavy (non-hydrogen) atoms. The van der Waals surface area contributed by atoms with E-state index < -0.39 is 0 Å². The lowest BCUT2D eigenvalue weighted by molar-refractivity contribution is -0.151. The molecule has 1 aromatic carbocycles. The number of benzene rings is 1. The lowest BCUT2D eigenvalue weighted by Crippen LogP contribution is -2.41. The van der Waals surface area contributed by atoms with Crippen molar-refractivity contribution in [2.24, 2.45) is 5.92 Å². The Morgan fingerprint density at radius 2 is 2.04 bits per heavy atom. The van der Waals surface area contributed by atoms with Crippen LogP contribution in [0, 0.1) is 5.92 Å². The number of halogens is 1. The third-order valence-electron chi connectivity index (χ3n) is 3.85. The maximum absolute atomic E-state index is 12.2. The van der Waals surface area contributed by atoms with Crippen LogP contribution in [-0.2, 0) is 14.3 Å². The second kappa shape index (κ2) is 8.91. The van der Waals surface area contributed by atoms with E-state index in [1.54, 1.807) is 4.90 Å². The van der Waals surface area contributed by atoms with Gasteiger partial charge in [0, 0.05) is 17.6 Å². The molecule has 1 saturated heterocycles. The number of piperidine rings is 1. The smallest absolute Gasteiger partial charge is 0.309 e. The van der Waals surface area contributed by atoms with E-state index >= 15 is 0 Å². The first-order chi connectivity index (χ1) is 11.1. The van der Waals surface area contributed by atoms with Crippen molar-refractivity contribution in [2.75, 3.05) is 26.3 Å². The largest absolute Gasteiger partial charge is 0.493 e. The first kappa shape index (κ1) is 17.8.